The summed E-state index contributed by atoms with van der Waals surface area (Å²) in [5.41, 5.74) is 0. The van der Waals surface area contributed by atoms with Crippen LogP contribution in [0.4, 0.5) is 0 Å². The van der Waals surface area contributed by atoms with Gasteiger partial charge in [0, 0.05) is 0 Å². The maximum absolute atomic E-state index is 3.76. The Morgan fingerprint density at radius 1 is 1.62 bits per heavy atom. The summed E-state index contributed by atoms with van der Waals surface area (Å²) in [5.74, 6) is 0.795. The summed E-state index contributed by atoms with van der Waals surface area (Å²) < 4.78 is 0. The molecule has 0 heterocycles. The highest BCUT2D eigenvalue weighted by atomic mass is 14.1. The molecule has 0 nitrogen and oxygen atoms in total. The molecule has 8 heavy (non-hydrogen) atoms. The topological polar surface area (TPSA) is 0 Å². The van der Waals surface area contributed by atoms with Crippen molar-refractivity contribution in [1.29, 1.82) is 0 Å². The van der Waals surface area contributed by atoms with Gasteiger partial charge in [0.1, 0.15) is 0 Å². The normalized spacial score (nSPS) is 23.0. The van der Waals surface area contributed by atoms with Crippen molar-refractivity contribution in [2.24, 2.45) is 5.92 Å². The zero-order valence-corrected chi connectivity index (χ0v) is 5.27. The van der Waals surface area contributed by atoms with Gasteiger partial charge in [-0.25, -0.2) is 0 Å². The molecule has 0 aromatic rings. The van der Waals surface area contributed by atoms with Crippen LogP contribution in [0.5, 0.6) is 0 Å². The quantitative estimate of drug-likeness (QED) is 0.454. The first kappa shape index (κ1) is 5.87. The van der Waals surface area contributed by atoms with Gasteiger partial charge in [-0.05, 0) is 25.2 Å². The summed E-state index contributed by atoms with van der Waals surface area (Å²) in [6.45, 7) is 3.76. The first-order valence-electron chi connectivity index (χ1n) is 3.37. The molecule has 0 aromatic heterocycles. The molecule has 1 saturated carbocycles. The summed E-state index contributed by atoms with van der Waals surface area (Å²) in [7, 11) is 0. The van der Waals surface area contributed by atoms with Crippen LogP contribution < -0.4 is 0 Å². The van der Waals surface area contributed by atoms with Crippen molar-refractivity contribution in [3.63, 3.8) is 0 Å². The molecule has 1 aliphatic rings. The number of hydrogen-bond acceptors (Lipinski definition) is 0. The zero-order valence-electron chi connectivity index (χ0n) is 5.27. The second-order valence-electron chi connectivity index (χ2n) is 2.45. The highest BCUT2D eigenvalue weighted by molar-refractivity contribution is 4.87. The van der Waals surface area contributed by atoms with E-state index in [0.29, 0.717) is 0 Å². The van der Waals surface area contributed by atoms with Gasteiger partial charge in [-0.1, -0.05) is 18.9 Å². The van der Waals surface area contributed by atoms with Crippen LogP contribution in [0.15, 0.2) is 12.7 Å². The van der Waals surface area contributed by atoms with Gasteiger partial charge in [-0.15, -0.1) is 6.58 Å². The van der Waals surface area contributed by atoms with Crippen LogP contribution in [0, 0.1) is 12.3 Å². The molecule has 0 spiro atoms. The third-order valence-corrected chi connectivity index (χ3v) is 1.79. The van der Waals surface area contributed by atoms with E-state index in [1.54, 1.807) is 0 Å². The second-order valence-corrected chi connectivity index (χ2v) is 2.45. The third-order valence-electron chi connectivity index (χ3n) is 1.79. The Bertz CT molecular complexity index is 68.1. The summed E-state index contributed by atoms with van der Waals surface area (Å²) in [6.07, 6.45) is 9.77. The van der Waals surface area contributed by atoms with Gasteiger partial charge >= 0.3 is 0 Å². The van der Waals surface area contributed by atoms with Gasteiger partial charge in [-0.3, -0.25) is 0 Å². The lowest BCUT2D eigenvalue weighted by molar-refractivity contribution is 0.490. The van der Waals surface area contributed by atoms with E-state index in [4.69, 9.17) is 0 Å². The Kier molecular flexibility index (Phi) is 2.13. The third kappa shape index (κ3) is 1.36. The van der Waals surface area contributed by atoms with E-state index in [1.807, 2.05) is 0 Å². The fourth-order valence-corrected chi connectivity index (χ4v) is 1.19. The predicted molar refractivity (Wildman–Crippen MR) is 36.5 cm³/mol. The lowest BCUT2D eigenvalue weighted by atomic mass is 9.90. The predicted octanol–water partition coefficient (Wildman–Crippen LogP) is 2.57. The molecule has 0 N–H and O–H groups in total. The summed E-state index contributed by atoms with van der Waals surface area (Å²) >= 11 is 0. The standard InChI is InChI=1S/C8H13/c1-2-8-6-4-3-5-7-8/h2,4,8H,1,3,5-7H2. The van der Waals surface area contributed by atoms with Crippen molar-refractivity contribution < 1.29 is 0 Å². The minimum Gasteiger partial charge on any atom is -0.103 e. The minimum atomic E-state index is 0.795. The van der Waals surface area contributed by atoms with Crippen molar-refractivity contribution in [3.05, 3.63) is 19.1 Å². The van der Waals surface area contributed by atoms with E-state index in [1.165, 1.54) is 25.7 Å². The maximum Gasteiger partial charge on any atom is -0.0233 e. The van der Waals surface area contributed by atoms with Crippen molar-refractivity contribution in [3.8, 4) is 0 Å². The molecule has 0 amide bonds. The molecule has 0 heteroatoms. The number of rotatable bonds is 1. The molecule has 1 radical (unpaired) electrons. The zero-order chi connectivity index (χ0) is 5.82. The van der Waals surface area contributed by atoms with Gasteiger partial charge < -0.3 is 0 Å². The molecule has 1 unspecified atom stereocenters. The van der Waals surface area contributed by atoms with Crippen molar-refractivity contribution in [2.45, 2.75) is 25.7 Å². The monoisotopic (exact) mass is 109 g/mol. The van der Waals surface area contributed by atoms with Crippen LogP contribution in [0.25, 0.3) is 0 Å². The van der Waals surface area contributed by atoms with Crippen LogP contribution in [-0.2, 0) is 0 Å². The van der Waals surface area contributed by atoms with E-state index in [-0.39, 0.29) is 0 Å². The number of allylic oxidation sites excluding steroid dienone is 1. The molecule has 1 aliphatic carbocycles. The van der Waals surface area contributed by atoms with Gasteiger partial charge in [0.15, 0.2) is 0 Å². The highest BCUT2D eigenvalue weighted by Crippen LogP contribution is 2.22. The second kappa shape index (κ2) is 2.91. The Hall–Kier alpha value is -0.260. The van der Waals surface area contributed by atoms with E-state index < -0.39 is 0 Å². The Labute approximate surface area is 51.6 Å². The van der Waals surface area contributed by atoms with Crippen molar-refractivity contribution in [1.82, 2.24) is 0 Å². The molecule has 1 atom stereocenters. The van der Waals surface area contributed by atoms with Crippen LogP contribution in [0.1, 0.15) is 25.7 Å². The fourth-order valence-electron chi connectivity index (χ4n) is 1.19. The smallest absolute Gasteiger partial charge is 0.0233 e. The van der Waals surface area contributed by atoms with E-state index in [2.05, 4.69) is 19.1 Å². The molecule has 45 valence electrons. The first-order valence-corrected chi connectivity index (χ1v) is 3.37. The molecule has 1 fully saturated rings. The largest absolute Gasteiger partial charge is 0.103 e. The van der Waals surface area contributed by atoms with E-state index in [0.717, 1.165) is 5.92 Å². The van der Waals surface area contributed by atoms with Crippen LogP contribution in [0.2, 0.25) is 0 Å². The average Bonchev–Trinajstić information content (AvgIpc) is 1.90. The Balaban J connectivity index is 2.22. The molecule has 0 saturated heterocycles. The lowest BCUT2D eigenvalue weighted by Crippen LogP contribution is -2.02. The summed E-state index contributed by atoms with van der Waals surface area (Å²) in [4.78, 5) is 0. The summed E-state index contributed by atoms with van der Waals surface area (Å²) in [5, 5.41) is 0. The molecular formula is C8H13. The van der Waals surface area contributed by atoms with Crippen LogP contribution in [-0.4, -0.2) is 0 Å². The molecule has 0 aromatic carbocycles. The minimum absolute atomic E-state index is 0.795. The number of hydrogen-bond donors (Lipinski definition) is 0. The fraction of sp³-hybridized carbons (Fsp3) is 0.625. The van der Waals surface area contributed by atoms with Crippen molar-refractivity contribution in [2.75, 3.05) is 0 Å². The van der Waals surface area contributed by atoms with Gasteiger partial charge in [0.25, 0.3) is 0 Å². The first-order chi connectivity index (χ1) is 3.93. The Morgan fingerprint density at radius 3 is 2.88 bits per heavy atom. The average molecular weight is 109 g/mol. The van der Waals surface area contributed by atoms with Gasteiger partial charge in [0.2, 0.25) is 0 Å². The van der Waals surface area contributed by atoms with Crippen LogP contribution >= 0.6 is 0 Å². The van der Waals surface area contributed by atoms with Crippen molar-refractivity contribution >= 4 is 0 Å². The highest BCUT2D eigenvalue weighted by Gasteiger charge is 2.08. The van der Waals surface area contributed by atoms with Gasteiger partial charge in [-0.2, -0.15) is 0 Å². The maximum atomic E-state index is 3.76. The lowest BCUT2D eigenvalue weighted by Gasteiger charge is -2.16. The Morgan fingerprint density at radius 2 is 2.50 bits per heavy atom. The SMILES string of the molecule is C=CC1C[CH]CCC1. The van der Waals surface area contributed by atoms with E-state index in [9.17, 15) is 0 Å². The molecule has 0 aliphatic heterocycles. The molecule has 1 rings (SSSR count). The van der Waals surface area contributed by atoms with E-state index >= 15 is 0 Å². The summed E-state index contributed by atoms with van der Waals surface area (Å²) in [6, 6.07) is 0. The van der Waals surface area contributed by atoms with Crippen LogP contribution in [0.3, 0.4) is 0 Å². The van der Waals surface area contributed by atoms with Gasteiger partial charge in [0.05, 0.1) is 0 Å². The molecular weight excluding hydrogens is 96.1 g/mol. The molecule has 0 bridgehead atoms.